The molecule has 0 atom stereocenters. The predicted molar refractivity (Wildman–Crippen MR) is 64.1 cm³/mol. The molecule has 4 N–H and O–H groups in total. The molecule has 17 heavy (non-hydrogen) atoms. The van der Waals surface area contributed by atoms with Gasteiger partial charge in [0.15, 0.2) is 0 Å². The molecule has 0 aliphatic heterocycles. The number of aliphatic hydroxyl groups excluding tert-OH is 2. The first kappa shape index (κ1) is 13.8. The van der Waals surface area contributed by atoms with Gasteiger partial charge in [-0.2, -0.15) is 0 Å². The number of hydrogen-bond acceptors (Lipinski definition) is 5. The number of phenolic OH excluding ortho intramolecular Hbond substituents is 1. The fourth-order valence-corrected chi connectivity index (χ4v) is 1.29. The van der Waals surface area contributed by atoms with Crippen LogP contribution in [0.15, 0.2) is 18.2 Å². The standard InChI is InChI=1S/C12H19NO4/c1-12(7-14,8-15)13-6-9-3-4-10(17-2)5-11(9)16/h3-5,13-16H,6-8H2,1-2H3. The second-order valence-electron chi connectivity index (χ2n) is 4.23. The van der Waals surface area contributed by atoms with Gasteiger partial charge < -0.3 is 25.4 Å². The first-order chi connectivity index (χ1) is 8.04. The predicted octanol–water partition coefficient (Wildman–Crippen LogP) is 0.234. The Bertz CT molecular complexity index is 364. The molecular weight excluding hydrogens is 222 g/mol. The number of rotatable bonds is 6. The fraction of sp³-hybridized carbons (Fsp3) is 0.500. The van der Waals surface area contributed by atoms with Gasteiger partial charge in [0.2, 0.25) is 0 Å². The first-order valence-electron chi connectivity index (χ1n) is 5.37. The van der Waals surface area contributed by atoms with Gasteiger partial charge in [0, 0.05) is 18.2 Å². The highest BCUT2D eigenvalue weighted by atomic mass is 16.5. The number of benzene rings is 1. The minimum absolute atomic E-state index is 0.120. The van der Waals surface area contributed by atoms with E-state index in [9.17, 15) is 5.11 Å². The van der Waals surface area contributed by atoms with Gasteiger partial charge in [-0.25, -0.2) is 0 Å². The molecule has 0 fully saturated rings. The molecule has 5 nitrogen and oxygen atoms in total. The molecule has 0 amide bonds. The zero-order chi connectivity index (χ0) is 12.9. The highest BCUT2D eigenvalue weighted by molar-refractivity contribution is 5.39. The van der Waals surface area contributed by atoms with Crippen LogP contribution in [0.2, 0.25) is 0 Å². The van der Waals surface area contributed by atoms with E-state index >= 15 is 0 Å². The topological polar surface area (TPSA) is 82.0 Å². The third-order valence-electron chi connectivity index (χ3n) is 2.70. The van der Waals surface area contributed by atoms with Crippen molar-refractivity contribution in [1.82, 2.24) is 5.32 Å². The van der Waals surface area contributed by atoms with Crippen molar-refractivity contribution < 1.29 is 20.1 Å². The molecular formula is C12H19NO4. The van der Waals surface area contributed by atoms with Crippen LogP contribution in [0.1, 0.15) is 12.5 Å². The molecule has 0 spiro atoms. The molecule has 0 radical (unpaired) electrons. The van der Waals surface area contributed by atoms with Crippen LogP contribution in [0.4, 0.5) is 0 Å². The lowest BCUT2D eigenvalue weighted by Crippen LogP contribution is -2.48. The number of hydrogen-bond donors (Lipinski definition) is 4. The van der Waals surface area contributed by atoms with Gasteiger partial charge in [0.1, 0.15) is 11.5 Å². The Morgan fingerprint density at radius 2 is 1.94 bits per heavy atom. The average Bonchev–Trinajstić information content (AvgIpc) is 2.36. The summed E-state index contributed by atoms with van der Waals surface area (Å²) in [7, 11) is 1.53. The van der Waals surface area contributed by atoms with Crippen LogP contribution in [0.25, 0.3) is 0 Å². The van der Waals surface area contributed by atoms with Gasteiger partial charge in [0.25, 0.3) is 0 Å². The van der Waals surface area contributed by atoms with E-state index in [1.807, 2.05) is 0 Å². The molecule has 0 heterocycles. The largest absolute Gasteiger partial charge is 0.507 e. The number of nitrogens with one attached hydrogen (secondary N) is 1. The zero-order valence-corrected chi connectivity index (χ0v) is 10.1. The summed E-state index contributed by atoms with van der Waals surface area (Å²) >= 11 is 0. The average molecular weight is 241 g/mol. The maximum atomic E-state index is 9.72. The van der Waals surface area contributed by atoms with Gasteiger partial charge in [-0.1, -0.05) is 6.07 Å². The van der Waals surface area contributed by atoms with Crippen molar-refractivity contribution in [3.8, 4) is 11.5 Å². The maximum Gasteiger partial charge on any atom is 0.123 e. The summed E-state index contributed by atoms with van der Waals surface area (Å²) in [6, 6.07) is 4.99. The normalized spacial score (nSPS) is 11.5. The Kier molecular flexibility index (Phi) is 4.74. The first-order valence-corrected chi connectivity index (χ1v) is 5.37. The molecule has 0 aliphatic carbocycles. The maximum absolute atomic E-state index is 9.72. The van der Waals surface area contributed by atoms with E-state index in [2.05, 4.69) is 5.32 Å². The molecule has 1 aromatic carbocycles. The lowest BCUT2D eigenvalue weighted by molar-refractivity contribution is 0.103. The van der Waals surface area contributed by atoms with Crippen molar-refractivity contribution in [3.63, 3.8) is 0 Å². The van der Waals surface area contributed by atoms with Crippen molar-refractivity contribution in [3.05, 3.63) is 23.8 Å². The summed E-state index contributed by atoms with van der Waals surface area (Å²) in [6.07, 6.45) is 0. The zero-order valence-electron chi connectivity index (χ0n) is 10.1. The van der Waals surface area contributed by atoms with Crippen LogP contribution in [-0.2, 0) is 6.54 Å². The molecule has 0 aromatic heterocycles. The Hall–Kier alpha value is -1.30. The van der Waals surface area contributed by atoms with E-state index in [1.54, 1.807) is 19.1 Å². The smallest absolute Gasteiger partial charge is 0.123 e. The van der Waals surface area contributed by atoms with Crippen LogP contribution >= 0.6 is 0 Å². The van der Waals surface area contributed by atoms with Gasteiger partial charge in [0.05, 0.1) is 25.9 Å². The number of aromatic hydroxyl groups is 1. The van der Waals surface area contributed by atoms with E-state index in [0.717, 1.165) is 0 Å². The molecule has 5 heteroatoms. The number of phenols is 1. The van der Waals surface area contributed by atoms with Crippen molar-refractivity contribution >= 4 is 0 Å². The summed E-state index contributed by atoms with van der Waals surface area (Å²) in [5.74, 6) is 0.702. The highest BCUT2D eigenvalue weighted by Gasteiger charge is 2.21. The molecule has 1 aromatic rings. The Morgan fingerprint density at radius 1 is 1.29 bits per heavy atom. The molecule has 0 saturated carbocycles. The molecule has 0 bridgehead atoms. The molecule has 96 valence electrons. The summed E-state index contributed by atoms with van der Waals surface area (Å²) in [4.78, 5) is 0. The summed E-state index contributed by atoms with van der Waals surface area (Å²) in [5, 5.41) is 30.9. The highest BCUT2D eigenvalue weighted by Crippen LogP contribution is 2.23. The van der Waals surface area contributed by atoms with Crippen LogP contribution in [0.3, 0.4) is 0 Å². The van der Waals surface area contributed by atoms with Crippen LogP contribution < -0.4 is 10.1 Å². The second-order valence-corrected chi connectivity index (χ2v) is 4.23. The Morgan fingerprint density at radius 3 is 2.41 bits per heavy atom. The van der Waals surface area contributed by atoms with Gasteiger partial charge in [-0.3, -0.25) is 0 Å². The minimum atomic E-state index is -0.758. The second kappa shape index (κ2) is 5.86. The Balaban J connectivity index is 2.69. The number of methoxy groups -OCH3 is 1. The van der Waals surface area contributed by atoms with Gasteiger partial charge in [-0.05, 0) is 13.0 Å². The van der Waals surface area contributed by atoms with Crippen molar-refractivity contribution in [2.45, 2.75) is 19.0 Å². The third kappa shape index (κ3) is 3.59. The van der Waals surface area contributed by atoms with Crippen LogP contribution in [-0.4, -0.2) is 41.2 Å². The number of ether oxygens (including phenoxy) is 1. The summed E-state index contributed by atoms with van der Waals surface area (Å²) in [5.41, 5.74) is -0.0780. The quantitative estimate of drug-likeness (QED) is 0.573. The molecule has 0 unspecified atom stereocenters. The van der Waals surface area contributed by atoms with Crippen molar-refractivity contribution in [2.75, 3.05) is 20.3 Å². The molecule has 0 saturated heterocycles. The van der Waals surface area contributed by atoms with Crippen LogP contribution in [0.5, 0.6) is 11.5 Å². The van der Waals surface area contributed by atoms with Crippen molar-refractivity contribution in [2.24, 2.45) is 0 Å². The summed E-state index contributed by atoms with van der Waals surface area (Å²) < 4.78 is 4.98. The van der Waals surface area contributed by atoms with Crippen LogP contribution in [0, 0.1) is 0 Å². The SMILES string of the molecule is COc1ccc(CNC(C)(CO)CO)c(O)c1. The van der Waals surface area contributed by atoms with Crippen molar-refractivity contribution in [1.29, 1.82) is 0 Å². The lowest BCUT2D eigenvalue weighted by Gasteiger charge is -2.26. The summed E-state index contributed by atoms with van der Waals surface area (Å²) in [6.45, 7) is 1.70. The minimum Gasteiger partial charge on any atom is -0.507 e. The Labute approximate surface area is 101 Å². The lowest BCUT2D eigenvalue weighted by atomic mass is 10.0. The van der Waals surface area contributed by atoms with E-state index in [1.165, 1.54) is 13.2 Å². The van der Waals surface area contributed by atoms with E-state index in [0.29, 0.717) is 17.9 Å². The van der Waals surface area contributed by atoms with Gasteiger partial charge in [-0.15, -0.1) is 0 Å². The molecule has 1 rings (SSSR count). The van der Waals surface area contributed by atoms with Gasteiger partial charge >= 0.3 is 0 Å². The van der Waals surface area contributed by atoms with E-state index < -0.39 is 5.54 Å². The third-order valence-corrected chi connectivity index (χ3v) is 2.70. The monoisotopic (exact) mass is 241 g/mol. The van der Waals surface area contributed by atoms with E-state index in [-0.39, 0.29) is 19.0 Å². The van der Waals surface area contributed by atoms with E-state index in [4.69, 9.17) is 14.9 Å². The molecule has 0 aliphatic rings. The fourth-order valence-electron chi connectivity index (χ4n) is 1.29. The number of aliphatic hydroxyl groups is 2.